The Labute approximate surface area is 128 Å². The van der Waals surface area contributed by atoms with Crippen molar-refractivity contribution < 1.29 is 17.9 Å². The molecule has 0 aliphatic carbocycles. The van der Waals surface area contributed by atoms with Gasteiger partial charge in [0.2, 0.25) is 0 Å². The van der Waals surface area contributed by atoms with Crippen molar-refractivity contribution >= 4 is 10.9 Å². The fourth-order valence-electron chi connectivity index (χ4n) is 2.16. The Morgan fingerprint density at radius 3 is 2.52 bits per heavy atom. The van der Waals surface area contributed by atoms with E-state index < -0.39 is 12.8 Å². The molecule has 0 spiro atoms. The van der Waals surface area contributed by atoms with Gasteiger partial charge in [-0.15, -0.1) is 0 Å². The molecule has 0 saturated heterocycles. The Morgan fingerprint density at radius 2 is 1.74 bits per heavy atom. The minimum Gasteiger partial charge on any atom is -0.483 e. The first-order chi connectivity index (χ1) is 10.9. The van der Waals surface area contributed by atoms with Crippen LogP contribution in [0.1, 0.15) is 0 Å². The summed E-state index contributed by atoms with van der Waals surface area (Å²) in [6.45, 7) is -1.41. The molecule has 1 aromatic heterocycles. The number of alkyl halides is 3. The third-order valence-corrected chi connectivity index (χ3v) is 3.15. The van der Waals surface area contributed by atoms with Crippen molar-refractivity contribution in [3.63, 3.8) is 0 Å². The van der Waals surface area contributed by atoms with E-state index in [0.29, 0.717) is 16.5 Å². The van der Waals surface area contributed by atoms with Gasteiger partial charge < -0.3 is 9.72 Å². The number of benzene rings is 2. The van der Waals surface area contributed by atoms with E-state index in [0.717, 1.165) is 0 Å². The summed E-state index contributed by atoms with van der Waals surface area (Å²) < 4.78 is 41.9. The lowest BCUT2D eigenvalue weighted by atomic mass is 10.1. The molecule has 0 amide bonds. The zero-order chi connectivity index (χ0) is 16.4. The van der Waals surface area contributed by atoms with Gasteiger partial charge in [0.25, 0.3) is 5.56 Å². The SMILES string of the molecule is O=c1[nH]c(-c2ccccc2OCC(F)(F)F)nc2ccccc12. The Kier molecular flexibility index (Phi) is 3.77. The zero-order valence-corrected chi connectivity index (χ0v) is 11.7. The van der Waals surface area contributed by atoms with E-state index in [4.69, 9.17) is 4.74 Å². The Balaban J connectivity index is 2.07. The number of aromatic nitrogens is 2. The predicted molar refractivity (Wildman–Crippen MR) is 79.3 cm³/mol. The summed E-state index contributed by atoms with van der Waals surface area (Å²) in [7, 11) is 0. The van der Waals surface area contributed by atoms with E-state index in [1.165, 1.54) is 6.07 Å². The van der Waals surface area contributed by atoms with Crippen LogP contribution in [0.5, 0.6) is 5.75 Å². The van der Waals surface area contributed by atoms with Crippen LogP contribution < -0.4 is 10.3 Å². The highest BCUT2D eigenvalue weighted by molar-refractivity contribution is 5.80. The number of nitrogens with zero attached hydrogens (tertiary/aromatic N) is 1. The molecule has 0 fully saturated rings. The third-order valence-electron chi connectivity index (χ3n) is 3.15. The van der Waals surface area contributed by atoms with Gasteiger partial charge in [-0.1, -0.05) is 24.3 Å². The molecule has 0 radical (unpaired) electrons. The topological polar surface area (TPSA) is 55.0 Å². The van der Waals surface area contributed by atoms with Gasteiger partial charge in [-0.2, -0.15) is 13.2 Å². The molecule has 4 nitrogen and oxygen atoms in total. The molecule has 0 unspecified atom stereocenters. The summed E-state index contributed by atoms with van der Waals surface area (Å²) in [6.07, 6.45) is -4.45. The lowest BCUT2D eigenvalue weighted by Crippen LogP contribution is -2.19. The normalized spacial score (nSPS) is 11.6. The molecular formula is C16H11F3N2O2. The van der Waals surface area contributed by atoms with Crippen LogP contribution in [-0.2, 0) is 0 Å². The van der Waals surface area contributed by atoms with E-state index in [2.05, 4.69) is 9.97 Å². The molecule has 2 aromatic carbocycles. The van der Waals surface area contributed by atoms with Crippen LogP contribution in [0.2, 0.25) is 0 Å². The first-order valence-corrected chi connectivity index (χ1v) is 6.72. The first-order valence-electron chi connectivity index (χ1n) is 6.72. The fraction of sp³-hybridized carbons (Fsp3) is 0.125. The molecule has 0 aliphatic rings. The molecule has 3 rings (SSSR count). The number of fused-ring (bicyclic) bond motifs is 1. The van der Waals surface area contributed by atoms with Crippen molar-refractivity contribution in [1.29, 1.82) is 0 Å². The summed E-state index contributed by atoms with van der Waals surface area (Å²) in [5, 5.41) is 0.407. The van der Waals surface area contributed by atoms with Crippen LogP contribution in [0, 0.1) is 0 Å². The summed E-state index contributed by atoms with van der Waals surface area (Å²) in [5.41, 5.74) is 0.382. The van der Waals surface area contributed by atoms with Crippen LogP contribution in [0.4, 0.5) is 13.2 Å². The minimum atomic E-state index is -4.45. The third kappa shape index (κ3) is 3.33. The molecule has 0 bridgehead atoms. The molecule has 118 valence electrons. The number of ether oxygens (including phenoxy) is 1. The van der Waals surface area contributed by atoms with Gasteiger partial charge in [-0.25, -0.2) is 4.98 Å². The maximum Gasteiger partial charge on any atom is 0.422 e. The van der Waals surface area contributed by atoms with Gasteiger partial charge in [0.1, 0.15) is 11.6 Å². The standard InChI is InChI=1S/C16H11F3N2O2/c17-16(18,19)9-23-13-8-4-2-6-11(13)14-20-12-7-3-1-5-10(12)15(22)21-14/h1-8H,9H2,(H,20,21,22). The average molecular weight is 320 g/mol. The minimum absolute atomic E-state index is 0.00301. The van der Waals surface area contributed by atoms with Crippen molar-refractivity contribution in [3.05, 3.63) is 58.9 Å². The second-order valence-electron chi connectivity index (χ2n) is 4.83. The Hall–Kier alpha value is -2.83. The van der Waals surface area contributed by atoms with Crippen molar-refractivity contribution in [2.24, 2.45) is 0 Å². The van der Waals surface area contributed by atoms with E-state index >= 15 is 0 Å². The second kappa shape index (κ2) is 5.75. The van der Waals surface area contributed by atoms with Crippen LogP contribution in [0.25, 0.3) is 22.3 Å². The van der Waals surface area contributed by atoms with Gasteiger partial charge in [0, 0.05) is 0 Å². The maximum absolute atomic E-state index is 12.3. The summed E-state index contributed by atoms with van der Waals surface area (Å²) in [4.78, 5) is 19.0. The van der Waals surface area contributed by atoms with Gasteiger partial charge in [-0.05, 0) is 24.3 Å². The molecule has 1 heterocycles. The van der Waals surface area contributed by atoms with Crippen LogP contribution in [0.3, 0.4) is 0 Å². The number of halogens is 3. The Bertz CT molecular complexity index is 903. The predicted octanol–water partition coefficient (Wildman–Crippen LogP) is 3.53. The lowest BCUT2D eigenvalue weighted by molar-refractivity contribution is -0.153. The van der Waals surface area contributed by atoms with Gasteiger partial charge in [0.05, 0.1) is 16.5 Å². The average Bonchev–Trinajstić information content (AvgIpc) is 2.52. The highest BCUT2D eigenvalue weighted by Crippen LogP contribution is 2.29. The van der Waals surface area contributed by atoms with E-state index in [1.807, 2.05) is 0 Å². The van der Waals surface area contributed by atoms with Crippen LogP contribution in [0.15, 0.2) is 53.3 Å². The molecule has 23 heavy (non-hydrogen) atoms. The molecular weight excluding hydrogens is 309 g/mol. The largest absolute Gasteiger partial charge is 0.483 e. The van der Waals surface area contributed by atoms with Crippen molar-refractivity contribution in [1.82, 2.24) is 9.97 Å². The number of aromatic amines is 1. The van der Waals surface area contributed by atoms with Crippen LogP contribution in [-0.4, -0.2) is 22.8 Å². The van der Waals surface area contributed by atoms with Gasteiger partial charge in [0.15, 0.2) is 6.61 Å². The second-order valence-corrected chi connectivity index (χ2v) is 4.83. The molecule has 0 atom stereocenters. The molecule has 0 saturated carbocycles. The quantitative estimate of drug-likeness (QED) is 0.803. The fourth-order valence-corrected chi connectivity index (χ4v) is 2.16. The first kappa shape index (κ1) is 15.1. The van der Waals surface area contributed by atoms with Crippen molar-refractivity contribution in [3.8, 4) is 17.1 Å². The van der Waals surface area contributed by atoms with E-state index in [1.54, 1.807) is 42.5 Å². The number of para-hydroxylation sites is 2. The van der Waals surface area contributed by atoms with E-state index in [-0.39, 0.29) is 17.1 Å². The monoisotopic (exact) mass is 320 g/mol. The van der Waals surface area contributed by atoms with Crippen molar-refractivity contribution in [2.75, 3.05) is 6.61 Å². The molecule has 3 aromatic rings. The Morgan fingerprint density at radius 1 is 1.04 bits per heavy atom. The molecule has 7 heteroatoms. The number of hydrogen-bond acceptors (Lipinski definition) is 3. The zero-order valence-electron chi connectivity index (χ0n) is 11.7. The molecule has 0 aliphatic heterocycles. The molecule has 1 N–H and O–H groups in total. The maximum atomic E-state index is 12.3. The number of rotatable bonds is 3. The summed E-state index contributed by atoms with van der Waals surface area (Å²) in [5.74, 6) is 0.162. The van der Waals surface area contributed by atoms with Crippen LogP contribution >= 0.6 is 0 Å². The smallest absolute Gasteiger partial charge is 0.422 e. The van der Waals surface area contributed by atoms with Gasteiger partial charge >= 0.3 is 6.18 Å². The van der Waals surface area contributed by atoms with Gasteiger partial charge in [-0.3, -0.25) is 4.79 Å². The number of H-pyrrole nitrogens is 1. The number of hydrogen-bond donors (Lipinski definition) is 1. The lowest BCUT2D eigenvalue weighted by Gasteiger charge is -2.12. The van der Waals surface area contributed by atoms with E-state index in [9.17, 15) is 18.0 Å². The van der Waals surface area contributed by atoms with Crippen molar-refractivity contribution in [2.45, 2.75) is 6.18 Å². The highest BCUT2D eigenvalue weighted by atomic mass is 19.4. The number of nitrogens with one attached hydrogen (secondary N) is 1. The summed E-state index contributed by atoms with van der Waals surface area (Å²) >= 11 is 0. The summed E-state index contributed by atoms with van der Waals surface area (Å²) in [6, 6.07) is 12.8. The highest BCUT2D eigenvalue weighted by Gasteiger charge is 2.29.